The number of carbonyl (C=O) groups is 2. The fourth-order valence-electron chi connectivity index (χ4n) is 6.24. The molecule has 0 unspecified atom stereocenters. The molecular formula is C34H37F3N4O5. The van der Waals surface area contributed by atoms with E-state index < -0.39 is 17.8 Å². The molecule has 6 rings (SSSR count). The van der Waals surface area contributed by atoms with Crippen LogP contribution in [0.1, 0.15) is 54.4 Å². The summed E-state index contributed by atoms with van der Waals surface area (Å²) < 4.78 is 55.3. The highest BCUT2D eigenvalue weighted by Gasteiger charge is 2.31. The third-order valence-electron chi connectivity index (χ3n) is 8.86. The van der Waals surface area contributed by atoms with Crippen molar-refractivity contribution in [2.75, 3.05) is 39.3 Å². The lowest BCUT2D eigenvalue weighted by Crippen LogP contribution is -2.51. The number of hydrogen-bond donors (Lipinski definition) is 0. The zero-order valence-corrected chi connectivity index (χ0v) is 25.5. The first-order valence-electron chi connectivity index (χ1n) is 15.8. The smallest absolute Gasteiger partial charge is 0.417 e. The Morgan fingerprint density at radius 1 is 0.717 bits per heavy atom. The number of rotatable bonds is 7. The van der Waals surface area contributed by atoms with E-state index in [-0.39, 0.29) is 17.9 Å². The van der Waals surface area contributed by atoms with Gasteiger partial charge in [-0.25, -0.2) is 9.78 Å². The van der Waals surface area contributed by atoms with Crippen molar-refractivity contribution in [1.82, 2.24) is 19.7 Å². The first kappa shape index (κ1) is 31.7. The number of hydrogen-bond acceptors (Lipinski definition) is 7. The zero-order valence-electron chi connectivity index (χ0n) is 25.5. The van der Waals surface area contributed by atoms with Crippen molar-refractivity contribution in [3.8, 4) is 23.1 Å². The maximum absolute atomic E-state index is 13.1. The van der Waals surface area contributed by atoms with Gasteiger partial charge in [0.15, 0.2) is 0 Å². The monoisotopic (exact) mass is 638 g/mol. The molecule has 12 heteroatoms. The minimum atomic E-state index is -4.47. The van der Waals surface area contributed by atoms with Crippen LogP contribution >= 0.6 is 0 Å². The van der Waals surface area contributed by atoms with Crippen molar-refractivity contribution in [1.29, 1.82) is 0 Å². The molecule has 1 saturated carbocycles. The van der Waals surface area contributed by atoms with Gasteiger partial charge in [0.2, 0.25) is 5.88 Å². The summed E-state index contributed by atoms with van der Waals surface area (Å²) in [5, 5.41) is 0. The van der Waals surface area contributed by atoms with Gasteiger partial charge >= 0.3 is 12.3 Å². The third kappa shape index (κ3) is 7.90. The molecule has 244 valence electrons. The standard InChI is InChI=1S/C34H37F3N4O5/c35-34(36,37)25-7-14-31(38-23-25)45-28-10-12-29(13-11-28)46-33(43)41-17-15-30(16-18-41)44-27-8-5-24(6-9-27)32(42)40-21-19-39(20-22-40)26-3-1-2-4-26/h5-14,23,26,30H,1-4,15-22H2. The van der Waals surface area contributed by atoms with Crippen LogP contribution in [0.5, 0.6) is 23.1 Å². The van der Waals surface area contributed by atoms with E-state index >= 15 is 0 Å². The van der Waals surface area contributed by atoms with Crippen molar-refractivity contribution < 1.29 is 37.0 Å². The Balaban J connectivity index is 0.916. The predicted molar refractivity (Wildman–Crippen MR) is 163 cm³/mol. The molecule has 2 amide bonds. The molecule has 3 aromatic rings. The topological polar surface area (TPSA) is 84.4 Å². The van der Waals surface area contributed by atoms with Crippen molar-refractivity contribution in [3.63, 3.8) is 0 Å². The minimum absolute atomic E-state index is 0.00971. The Hall–Kier alpha value is -4.32. The van der Waals surface area contributed by atoms with E-state index in [2.05, 4.69) is 9.88 Å². The number of amides is 2. The lowest BCUT2D eigenvalue weighted by atomic mass is 10.1. The van der Waals surface area contributed by atoms with E-state index in [9.17, 15) is 22.8 Å². The van der Waals surface area contributed by atoms with Gasteiger partial charge in [0, 0.05) is 76.0 Å². The normalized spacial score (nSPS) is 18.4. The maximum atomic E-state index is 13.1. The van der Waals surface area contributed by atoms with Crippen molar-refractivity contribution in [2.24, 2.45) is 0 Å². The Morgan fingerprint density at radius 3 is 1.96 bits per heavy atom. The van der Waals surface area contributed by atoms with Crippen LogP contribution < -0.4 is 14.2 Å². The fourth-order valence-corrected chi connectivity index (χ4v) is 6.24. The van der Waals surface area contributed by atoms with Gasteiger partial charge in [-0.3, -0.25) is 9.69 Å². The number of benzene rings is 2. The Bertz CT molecular complexity index is 1460. The van der Waals surface area contributed by atoms with Crippen LogP contribution in [0.4, 0.5) is 18.0 Å². The van der Waals surface area contributed by atoms with Gasteiger partial charge in [-0.05, 0) is 67.4 Å². The Labute approximate surface area is 265 Å². The second-order valence-electron chi connectivity index (χ2n) is 11.9. The number of halogens is 3. The molecule has 9 nitrogen and oxygen atoms in total. The average molecular weight is 639 g/mol. The van der Waals surface area contributed by atoms with Crippen molar-refractivity contribution in [2.45, 2.75) is 56.8 Å². The van der Waals surface area contributed by atoms with E-state index in [0.717, 1.165) is 38.3 Å². The maximum Gasteiger partial charge on any atom is 0.417 e. The number of alkyl halides is 3. The molecule has 0 atom stereocenters. The molecule has 0 spiro atoms. The number of piperazine rings is 1. The van der Waals surface area contributed by atoms with Crippen molar-refractivity contribution >= 4 is 12.0 Å². The number of nitrogens with zero attached hydrogens (tertiary/aromatic N) is 4. The van der Waals surface area contributed by atoms with E-state index in [0.29, 0.717) is 61.0 Å². The lowest BCUT2D eigenvalue weighted by Gasteiger charge is -2.38. The molecule has 1 aliphatic carbocycles. The molecule has 3 fully saturated rings. The van der Waals surface area contributed by atoms with Gasteiger partial charge in [0.05, 0.1) is 5.56 Å². The number of ether oxygens (including phenoxy) is 3. The van der Waals surface area contributed by atoms with E-state index in [1.807, 2.05) is 29.2 Å². The van der Waals surface area contributed by atoms with Crippen LogP contribution in [0.15, 0.2) is 66.9 Å². The molecule has 1 aromatic heterocycles. The molecule has 46 heavy (non-hydrogen) atoms. The van der Waals surface area contributed by atoms with Gasteiger partial charge in [0.25, 0.3) is 5.91 Å². The van der Waals surface area contributed by atoms with Gasteiger partial charge in [-0.15, -0.1) is 0 Å². The summed E-state index contributed by atoms with van der Waals surface area (Å²) in [7, 11) is 0. The van der Waals surface area contributed by atoms with E-state index in [4.69, 9.17) is 14.2 Å². The van der Waals surface area contributed by atoms with Crippen LogP contribution in [-0.4, -0.2) is 83.1 Å². The van der Waals surface area contributed by atoms with Crippen molar-refractivity contribution in [3.05, 3.63) is 78.0 Å². The molecule has 0 radical (unpaired) electrons. The van der Waals surface area contributed by atoms with E-state index in [1.165, 1.54) is 49.9 Å². The minimum Gasteiger partial charge on any atom is -0.490 e. The second kappa shape index (κ2) is 14.0. The molecule has 2 saturated heterocycles. The summed E-state index contributed by atoms with van der Waals surface area (Å²) in [6, 6.07) is 16.2. The fraction of sp³-hybridized carbons (Fsp3) is 0.441. The number of aromatic nitrogens is 1. The molecule has 2 aromatic carbocycles. The summed E-state index contributed by atoms with van der Waals surface area (Å²) >= 11 is 0. The first-order chi connectivity index (χ1) is 22.2. The first-order valence-corrected chi connectivity index (χ1v) is 15.8. The highest BCUT2D eigenvalue weighted by Crippen LogP contribution is 2.31. The van der Waals surface area contributed by atoms with Crippen LogP contribution in [0.2, 0.25) is 0 Å². The summed E-state index contributed by atoms with van der Waals surface area (Å²) in [4.78, 5) is 35.6. The highest BCUT2D eigenvalue weighted by atomic mass is 19.4. The highest BCUT2D eigenvalue weighted by molar-refractivity contribution is 5.94. The number of piperidine rings is 1. The molecule has 3 aliphatic rings. The van der Waals surface area contributed by atoms with Crippen LogP contribution in [-0.2, 0) is 6.18 Å². The largest absolute Gasteiger partial charge is 0.490 e. The summed E-state index contributed by atoms with van der Waals surface area (Å²) in [6.45, 7) is 4.34. The Kier molecular flexibility index (Phi) is 9.62. The zero-order chi connectivity index (χ0) is 32.1. The summed E-state index contributed by atoms with van der Waals surface area (Å²) in [5.74, 6) is 1.40. The second-order valence-corrected chi connectivity index (χ2v) is 11.9. The van der Waals surface area contributed by atoms with Crippen LogP contribution in [0.3, 0.4) is 0 Å². The third-order valence-corrected chi connectivity index (χ3v) is 8.86. The molecule has 2 aliphatic heterocycles. The Morgan fingerprint density at radius 2 is 1.35 bits per heavy atom. The van der Waals surface area contributed by atoms with Crippen LogP contribution in [0.25, 0.3) is 0 Å². The summed E-state index contributed by atoms with van der Waals surface area (Å²) in [5.41, 5.74) is -0.201. The van der Waals surface area contributed by atoms with E-state index in [1.54, 1.807) is 4.90 Å². The molecule has 0 bridgehead atoms. The molecule has 3 heterocycles. The number of pyridine rings is 1. The predicted octanol–water partition coefficient (Wildman–Crippen LogP) is 6.64. The number of carbonyl (C=O) groups excluding carboxylic acids is 2. The lowest BCUT2D eigenvalue weighted by molar-refractivity contribution is -0.137. The number of likely N-dealkylation sites (tertiary alicyclic amines) is 1. The van der Waals surface area contributed by atoms with Crippen LogP contribution in [0, 0.1) is 0 Å². The van der Waals surface area contributed by atoms with Gasteiger partial charge in [-0.2, -0.15) is 13.2 Å². The van der Waals surface area contributed by atoms with Gasteiger partial charge in [0.1, 0.15) is 23.4 Å². The SMILES string of the molecule is O=C(Oc1ccc(Oc2ccc(C(F)(F)F)cn2)cc1)N1CCC(Oc2ccc(C(=O)N3CCN(C4CCCC4)CC3)cc2)CC1. The average Bonchev–Trinajstić information content (AvgIpc) is 3.61. The van der Waals surface area contributed by atoms with Gasteiger partial charge in [-0.1, -0.05) is 12.8 Å². The molecule has 0 N–H and O–H groups in total. The van der Waals surface area contributed by atoms with Gasteiger partial charge < -0.3 is 24.0 Å². The summed E-state index contributed by atoms with van der Waals surface area (Å²) in [6.07, 6.45) is 2.14. The molecular weight excluding hydrogens is 601 g/mol. The quantitative estimate of drug-likeness (QED) is 0.287.